The van der Waals surface area contributed by atoms with Crippen molar-refractivity contribution in [2.24, 2.45) is 0 Å². The first-order chi connectivity index (χ1) is 28.3. The topological polar surface area (TPSA) is 65.0 Å². The van der Waals surface area contributed by atoms with Gasteiger partial charge in [0, 0.05) is 43.8 Å². The van der Waals surface area contributed by atoms with Gasteiger partial charge in [0.15, 0.2) is 17.5 Å². The maximum atomic E-state index is 6.99. The molecule has 0 spiro atoms. The van der Waals surface area contributed by atoms with E-state index >= 15 is 0 Å². The summed E-state index contributed by atoms with van der Waals surface area (Å²) in [5.74, 6) is 1.72. The van der Waals surface area contributed by atoms with Crippen LogP contribution >= 0.6 is 0 Å². The SMILES string of the molecule is c1ccc(-c2nc(-c3ccccc3)nc(-c3cc4c(c5c3oc3ccccc35)-c3c(ccc5c3oc3ccccc35)C4(c3ccccc3)c3ccccc3)n2)cc1. The number of rotatable bonds is 5. The number of benzene rings is 8. The van der Waals surface area contributed by atoms with Gasteiger partial charge in [-0.15, -0.1) is 0 Å². The van der Waals surface area contributed by atoms with Crippen molar-refractivity contribution in [3.05, 3.63) is 210 Å². The lowest BCUT2D eigenvalue weighted by atomic mass is 9.67. The molecule has 5 heteroatoms. The van der Waals surface area contributed by atoms with Crippen molar-refractivity contribution in [2.45, 2.75) is 5.41 Å². The highest BCUT2D eigenvalue weighted by atomic mass is 16.3. The molecule has 0 atom stereocenters. The van der Waals surface area contributed by atoms with Crippen LogP contribution in [0.4, 0.5) is 0 Å². The molecular weight excluding hydrogens is 699 g/mol. The van der Waals surface area contributed by atoms with E-state index in [1.54, 1.807) is 0 Å². The van der Waals surface area contributed by atoms with Crippen molar-refractivity contribution >= 4 is 43.9 Å². The van der Waals surface area contributed by atoms with Crippen molar-refractivity contribution in [1.82, 2.24) is 15.0 Å². The van der Waals surface area contributed by atoms with E-state index in [2.05, 4.69) is 109 Å². The molecule has 0 amide bonds. The van der Waals surface area contributed by atoms with Crippen molar-refractivity contribution in [2.75, 3.05) is 0 Å². The molecule has 0 N–H and O–H groups in total. The first-order valence-electron chi connectivity index (χ1n) is 19.2. The summed E-state index contributed by atoms with van der Waals surface area (Å²) in [6.45, 7) is 0. The molecule has 0 saturated carbocycles. The zero-order valence-electron chi connectivity index (χ0n) is 30.6. The third kappa shape index (κ3) is 4.54. The summed E-state index contributed by atoms with van der Waals surface area (Å²) in [7, 11) is 0. The van der Waals surface area contributed by atoms with E-state index < -0.39 is 5.41 Å². The van der Waals surface area contributed by atoms with Gasteiger partial charge in [0.2, 0.25) is 0 Å². The Morgan fingerprint density at radius 3 is 1.47 bits per heavy atom. The molecule has 12 rings (SSSR count). The molecule has 57 heavy (non-hydrogen) atoms. The van der Waals surface area contributed by atoms with E-state index in [1.807, 2.05) is 78.9 Å². The van der Waals surface area contributed by atoms with Crippen LogP contribution in [-0.4, -0.2) is 15.0 Å². The zero-order chi connectivity index (χ0) is 37.5. The highest BCUT2D eigenvalue weighted by Gasteiger charge is 2.49. The Morgan fingerprint density at radius 1 is 0.368 bits per heavy atom. The number of para-hydroxylation sites is 2. The molecule has 5 nitrogen and oxygen atoms in total. The van der Waals surface area contributed by atoms with Gasteiger partial charge in [-0.05, 0) is 40.5 Å². The number of hydrogen-bond acceptors (Lipinski definition) is 5. The molecule has 266 valence electrons. The lowest BCUT2D eigenvalue weighted by Crippen LogP contribution is -2.28. The van der Waals surface area contributed by atoms with Gasteiger partial charge >= 0.3 is 0 Å². The third-order valence-corrected chi connectivity index (χ3v) is 11.6. The van der Waals surface area contributed by atoms with Crippen LogP contribution in [0.1, 0.15) is 22.3 Å². The smallest absolute Gasteiger partial charge is 0.167 e. The van der Waals surface area contributed by atoms with Crippen LogP contribution in [0.15, 0.2) is 197 Å². The Bertz CT molecular complexity index is 3240. The molecule has 0 unspecified atom stereocenters. The molecular formula is C52H31N3O2. The summed E-state index contributed by atoms with van der Waals surface area (Å²) in [6.07, 6.45) is 0. The Hall–Kier alpha value is -7.63. The van der Waals surface area contributed by atoms with Crippen molar-refractivity contribution in [1.29, 1.82) is 0 Å². The Balaban J connectivity index is 1.29. The van der Waals surface area contributed by atoms with Gasteiger partial charge in [-0.3, -0.25) is 0 Å². The number of furan rings is 2. The van der Waals surface area contributed by atoms with Crippen molar-refractivity contribution in [3.8, 4) is 45.3 Å². The Morgan fingerprint density at radius 2 is 0.860 bits per heavy atom. The molecule has 8 aromatic carbocycles. The minimum Gasteiger partial charge on any atom is -0.455 e. The second-order valence-electron chi connectivity index (χ2n) is 14.6. The van der Waals surface area contributed by atoms with Gasteiger partial charge in [0.05, 0.1) is 11.0 Å². The first kappa shape index (κ1) is 31.7. The molecule has 0 aliphatic heterocycles. The van der Waals surface area contributed by atoms with Gasteiger partial charge in [0.25, 0.3) is 0 Å². The van der Waals surface area contributed by atoms with Gasteiger partial charge in [-0.25, -0.2) is 15.0 Å². The average molecular weight is 730 g/mol. The normalized spacial score (nSPS) is 13.1. The fourth-order valence-corrected chi connectivity index (χ4v) is 9.21. The predicted molar refractivity (Wildman–Crippen MR) is 228 cm³/mol. The number of nitrogens with zero attached hydrogens (tertiary/aromatic N) is 3. The fourth-order valence-electron chi connectivity index (χ4n) is 9.21. The molecule has 1 aliphatic rings. The fraction of sp³-hybridized carbons (Fsp3) is 0.0192. The van der Waals surface area contributed by atoms with Crippen molar-refractivity contribution < 1.29 is 8.83 Å². The van der Waals surface area contributed by atoms with Gasteiger partial charge in [-0.2, -0.15) is 0 Å². The predicted octanol–water partition coefficient (Wildman–Crippen LogP) is 13.0. The first-order valence-corrected chi connectivity index (χ1v) is 19.2. The number of aromatic nitrogens is 3. The molecule has 0 fully saturated rings. The molecule has 0 radical (unpaired) electrons. The summed E-state index contributed by atoms with van der Waals surface area (Å²) < 4.78 is 13.9. The maximum absolute atomic E-state index is 6.99. The summed E-state index contributed by atoms with van der Waals surface area (Å²) in [6, 6.07) is 65.4. The van der Waals surface area contributed by atoms with Crippen LogP contribution in [0.2, 0.25) is 0 Å². The highest BCUT2D eigenvalue weighted by Crippen LogP contribution is 2.62. The Kier molecular flexibility index (Phi) is 6.78. The zero-order valence-corrected chi connectivity index (χ0v) is 30.6. The quantitative estimate of drug-likeness (QED) is 0.176. The number of fused-ring (bicyclic) bond motifs is 11. The largest absolute Gasteiger partial charge is 0.455 e. The van der Waals surface area contributed by atoms with Crippen molar-refractivity contribution in [3.63, 3.8) is 0 Å². The third-order valence-electron chi connectivity index (χ3n) is 11.6. The van der Waals surface area contributed by atoms with E-state index in [0.29, 0.717) is 17.5 Å². The molecule has 1 aliphatic carbocycles. The summed E-state index contributed by atoms with van der Waals surface area (Å²) >= 11 is 0. The van der Waals surface area contributed by atoms with Crippen LogP contribution in [0.3, 0.4) is 0 Å². The van der Waals surface area contributed by atoms with Gasteiger partial charge < -0.3 is 8.83 Å². The van der Waals surface area contributed by atoms with E-state index in [-0.39, 0.29) is 0 Å². The lowest BCUT2D eigenvalue weighted by molar-refractivity contribution is 0.668. The summed E-state index contributed by atoms with van der Waals surface area (Å²) in [4.78, 5) is 15.6. The standard InChI is InChI=1S/C52H31N3O2/c1-5-17-32(18-6-1)49-53-50(33-19-7-2-8-20-33)55-51(54-49)39-31-41-45(44-38-26-14-16-28-43(38)57-48(39)44)46-40(30-29-37-36-25-13-15-27-42(36)56-47(37)46)52(41,34-21-9-3-10-22-34)35-23-11-4-12-24-35/h1-31H. The molecule has 11 aromatic rings. The van der Waals surface area contributed by atoms with Crippen LogP contribution in [0, 0.1) is 0 Å². The van der Waals surface area contributed by atoms with E-state index in [9.17, 15) is 0 Å². The second kappa shape index (κ2) is 12.2. The van der Waals surface area contributed by atoms with E-state index in [4.69, 9.17) is 23.8 Å². The van der Waals surface area contributed by atoms with Gasteiger partial charge in [0.1, 0.15) is 22.3 Å². The lowest BCUT2D eigenvalue weighted by Gasteiger charge is -2.34. The van der Waals surface area contributed by atoms with Crippen LogP contribution in [0.25, 0.3) is 89.2 Å². The number of hydrogen-bond donors (Lipinski definition) is 0. The van der Waals surface area contributed by atoms with E-state index in [1.165, 1.54) is 0 Å². The molecule has 0 saturated heterocycles. The molecule has 3 heterocycles. The van der Waals surface area contributed by atoms with Crippen LogP contribution < -0.4 is 0 Å². The van der Waals surface area contributed by atoms with E-state index in [0.717, 1.165) is 93.9 Å². The van der Waals surface area contributed by atoms with Crippen LogP contribution in [0.5, 0.6) is 0 Å². The Labute approximate surface area is 327 Å². The highest BCUT2D eigenvalue weighted by molar-refractivity contribution is 6.23. The summed E-state index contributed by atoms with van der Waals surface area (Å²) in [5.41, 5.74) is 11.8. The minimum absolute atomic E-state index is 0.537. The molecule has 0 bridgehead atoms. The van der Waals surface area contributed by atoms with Crippen LogP contribution in [-0.2, 0) is 5.41 Å². The summed E-state index contributed by atoms with van der Waals surface area (Å²) in [5, 5.41) is 4.19. The maximum Gasteiger partial charge on any atom is 0.167 e. The minimum atomic E-state index is -0.737. The molecule has 3 aromatic heterocycles. The second-order valence-corrected chi connectivity index (χ2v) is 14.6. The van der Waals surface area contributed by atoms with Gasteiger partial charge in [-0.1, -0.05) is 170 Å². The monoisotopic (exact) mass is 729 g/mol. The average Bonchev–Trinajstić information content (AvgIpc) is 3.96.